The summed E-state index contributed by atoms with van der Waals surface area (Å²) in [5.74, 6) is 0.562. The second kappa shape index (κ2) is 10.3. The molecular formula is C22H35N5O2. The molecule has 0 aromatic heterocycles. The van der Waals surface area contributed by atoms with Gasteiger partial charge in [-0.1, -0.05) is 25.7 Å². The van der Waals surface area contributed by atoms with Gasteiger partial charge < -0.3 is 10.8 Å². The summed E-state index contributed by atoms with van der Waals surface area (Å²) in [6, 6.07) is 5.10. The SMILES string of the molecule is N#CC[C@H]1CCCC[C@@H]1NC1CC(C(C#N)[C@H]2CCCC[C@@H]2N)CCN1C(=O)O. The highest BCUT2D eigenvalue weighted by Gasteiger charge is 2.41. The molecule has 0 aromatic carbocycles. The molecule has 0 radical (unpaired) electrons. The third kappa shape index (κ3) is 5.21. The van der Waals surface area contributed by atoms with Gasteiger partial charge in [0, 0.05) is 25.0 Å². The molecular weight excluding hydrogens is 366 g/mol. The van der Waals surface area contributed by atoms with Gasteiger partial charge in [0.1, 0.15) is 0 Å². The first-order valence-electron chi connectivity index (χ1n) is 11.3. The van der Waals surface area contributed by atoms with Crippen molar-refractivity contribution in [2.45, 2.75) is 88.9 Å². The Balaban J connectivity index is 1.72. The molecule has 7 atom stereocenters. The van der Waals surface area contributed by atoms with Gasteiger partial charge in [0.15, 0.2) is 0 Å². The van der Waals surface area contributed by atoms with Crippen LogP contribution in [0.2, 0.25) is 0 Å². The molecule has 1 saturated heterocycles. The topological polar surface area (TPSA) is 126 Å². The number of nitriles is 2. The highest BCUT2D eigenvalue weighted by atomic mass is 16.4. The second-order valence-corrected chi connectivity index (χ2v) is 9.22. The fourth-order valence-electron chi connectivity index (χ4n) is 5.93. The van der Waals surface area contributed by atoms with Crippen molar-refractivity contribution in [3.63, 3.8) is 0 Å². The zero-order chi connectivity index (χ0) is 20.8. The van der Waals surface area contributed by atoms with Crippen LogP contribution in [0.5, 0.6) is 0 Å². The molecule has 3 fully saturated rings. The average Bonchev–Trinajstić information content (AvgIpc) is 2.71. The van der Waals surface area contributed by atoms with Crippen LogP contribution < -0.4 is 11.1 Å². The molecule has 2 aliphatic carbocycles. The molecule has 1 aliphatic heterocycles. The van der Waals surface area contributed by atoms with Crippen LogP contribution in [0.25, 0.3) is 0 Å². The minimum atomic E-state index is -0.906. The number of piperidine rings is 1. The monoisotopic (exact) mass is 401 g/mol. The van der Waals surface area contributed by atoms with Gasteiger partial charge in [0.05, 0.1) is 24.2 Å². The number of nitrogens with zero attached hydrogens (tertiary/aromatic N) is 3. The Kier molecular flexibility index (Phi) is 7.75. The lowest BCUT2D eigenvalue weighted by atomic mass is 9.69. The summed E-state index contributed by atoms with van der Waals surface area (Å²) < 4.78 is 0. The molecule has 1 amide bonds. The van der Waals surface area contributed by atoms with E-state index >= 15 is 0 Å². The number of carboxylic acid groups (broad SMARTS) is 1. The summed E-state index contributed by atoms with van der Waals surface area (Å²) in [5.41, 5.74) is 6.37. The Hall–Kier alpha value is -1.83. The highest BCUT2D eigenvalue weighted by molar-refractivity contribution is 5.65. The molecule has 0 spiro atoms. The molecule has 7 heteroatoms. The number of hydrogen-bond acceptors (Lipinski definition) is 5. The van der Waals surface area contributed by atoms with E-state index in [9.17, 15) is 15.2 Å². The van der Waals surface area contributed by atoms with Gasteiger partial charge in [0.2, 0.25) is 0 Å². The van der Waals surface area contributed by atoms with E-state index in [0.717, 1.165) is 57.8 Å². The number of nitrogens with two attached hydrogens (primary N) is 1. The predicted molar refractivity (Wildman–Crippen MR) is 109 cm³/mol. The minimum Gasteiger partial charge on any atom is -0.465 e. The fourth-order valence-corrected chi connectivity index (χ4v) is 5.93. The first-order chi connectivity index (χ1) is 14.0. The van der Waals surface area contributed by atoms with Crippen LogP contribution in [0.3, 0.4) is 0 Å². The number of likely N-dealkylation sites (tertiary alicyclic amines) is 1. The number of nitrogens with one attached hydrogen (secondary N) is 1. The maximum Gasteiger partial charge on any atom is 0.408 e. The zero-order valence-electron chi connectivity index (χ0n) is 17.3. The molecule has 0 aromatic rings. The molecule has 2 saturated carbocycles. The molecule has 7 nitrogen and oxygen atoms in total. The predicted octanol–water partition coefficient (Wildman–Crippen LogP) is 3.42. The zero-order valence-corrected chi connectivity index (χ0v) is 17.3. The van der Waals surface area contributed by atoms with Gasteiger partial charge in [-0.05, 0) is 56.3 Å². The Morgan fingerprint density at radius 2 is 1.86 bits per heavy atom. The summed E-state index contributed by atoms with van der Waals surface area (Å²) in [4.78, 5) is 13.4. The van der Waals surface area contributed by atoms with Crippen molar-refractivity contribution < 1.29 is 9.90 Å². The van der Waals surface area contributed by atoms with Crippen molar-refractivity contribution in [3.8, 4) is 12.1 Å². The van der Waals surface area contributed by atoms with Crippen LogP contribution >= 0.6 is 0 Å². The van der Waals surface area contributed by atoms with E-state index in [4.69, 9.17) is 11.0 Å². The van der Waals surface area contributed by atoms with E-state index in [1.807, 2.05) is 0 Å². The molecule has 3 rings (SSSR count). The van der Waals surface area contributed by atoms with Crippen molar-refractivity contribution in [2.75, 3.05) is 6.54 Å². The summed E-state index contributed by atoms with van der Waals surface area (Å²) >= 11 is 0. The Morgan fingerprint density at radius 3 is 2.55 bits per heavy atom. The number of rotatable bonds is 5. The normalized spacial score (nSPS) is 36.6. The average molecular weight is 402 g/mol. The first-order valence-corrected chi connectivity index (χ1v) is 11.3. The van der Waals surface area contributed by atoms with Gasteiger partial charge in [-0.25, -0.2) is 4.79 Å². The van der Waals surface area contributed by atoms with Gasteiger partial charge >= 0.3 is 6.09 Å². The highest BCUT2D eigenvalue weighted by Crippen LogP contribution is 2.39. The molecule has 1 heterocycles. The Labute approximate surface area is 174 Å². The lowest BCUT2D eigenvalue weighted by molar-refractivity contribution is 0.0416. The Morgan fingerprint density at radius 1 is 1.14 bits per heavy atom. The number of hydrogen-bond donors (Lipinski definition) is 3. The van der Waals surface area contributed by atoms with Crippen molar-refractivity contribution >= 4 is 6.09 Å². The van der Waals surface area contributed by atoms with E-state index in [-0.39, 0.29) is 41.9 Å². The summed E-state index contributed by atoms with van der Waals surface area (Å²) in [6.07, 6.45) is 9.20. The molecule has 0 bridgehead atoms. The van der Waals surface area contributed by atoms with Crippen molar-refractivity contribution in [2.24, 2.45) is 29.4 Å². The quantitative estimate of drug-likeness (QED) is 0.648. The van der Waals surface area contributed by atoms with Crippen LogP contribution in [0, 0.1) is 46.3 Å². The maximum absolute atomic E-state index is 11.9. The maximum atomic E-state index is 11.9. The molecule has 160 valence electrons. The van der Waals surface area contributed by atoms with Gasteiger partial charge in [-0.2, -0.15) is 10.5 Å². The van der Waals surface area contributed by atoms with Crippen LogP contribution in [0.4, 0.5) is 4.79 Å². The molecule has 3 unspecified atom stereocenters. The smallest absolute Gasteiger partial charge is 0.408 e. The van der Waals surface area contributed by atoms with E-state index in [1.54, 1.807) is 0 Å². The van der Waals surface area contributed by atoms with Crippen LogP contribution in [0.15, 0.2) is 0 Å². The molecule has 3 aliphatic rings. The van der Waals surface area contributed by atoms with Crippen LogP contribution in [-0.2, 0) is 0 Å². The van der Waals surface area contributed by atoms with Gasteiger partial charge in [-0.3, -0.25) is 10.2 Å². The van der Waals surface area contributed by atoms with E-state index < -0.39 is 6.09 Å². The lowest BCUT2D eigenvalue weighted by Crippen LogP contribution is -2.58. The van der Waals surface area contributed by atoms with Crippen molar-refractivity contribution in [1.29, 1.82) is 10.5 Å². The third-order valence-corrected chi connectivity index (χ3v) is 7.55. The van der Waals surface area contributed by atoms with Crippen molar-refractivity contribution in [3.05, 3.63) is 0 Å². The summed E-state index contributed by atoms with van der Waals surface area (Å²) in [7, 11) is 0. The standard InChI is InChI=1S/C22H35N5O2/c23-11-9-15-5-1-4-8-20(15)26-21-13-16(10-12-27(21)22(28)29)18(14-24)17-6-2-3-7-19(17)25/h15-21,26H,1-10,12-13,25H2,(H,28,29)/t15-,16?,17-,18?,19+,20+,21?/m1/s1. The van der Waals surface area contributed by atoms with E-state index in [2.05, 4.69) is 17.5 Å². The third-order valence-electron chi connectivity index (χ3n) is 7.55. The molecule has 29 heavy (non-hydrogen) atoms. The Bertz CT molecular complexity index is 642. The van der Waals surface area contributed by atoms with Crippen LogP contribution in [-0.4, -0.2) is 40.9 Å². The molecule has 4 N–H and O–H groups in total. The minimum absolute atomic E-state index is 0.0793. The van der Waals surface area contributed by atoms with Crippen LogP contribution in [0.1, 0.15) is 70.6 Å². The van der Waals surface area contributed by atoms with Crippen molar-refractivity contribution in [1.82, 2.24) is 10.2 Å². The summed E-state index contributed by atoms with van der Waals surface area (Å²) in [6.45, 7) is 0.452. The summed E-state index contributed by atoms with van der Waals surface area (Å²) in [5, 5.41) is 32.4. The largest absolute Gasteiger partial charge is 0.465 e. The first kappa shape index (κ1) is 21.9. The number of carbonyl (C=O) groups is 1. The van der Waals surface area contributed by atoms with Gasteiger partial charge in [-0.15, -0.1) is 0 Å². The lowest BCUT2D eigenvalue weighted by Gasteiger charge is -2.45. The fraction of sp³-hybridized carbons (Fsp3) is 0.864. The second-order valence-electron chi connectivity index (χ2n) is 9.22. The van der Waals surface area contributed by atoms with E-state index in [1.165, 1.54) is 4.90 Å². The number of amides is 1. The van der Waals surface area contributed by atoms with E-state index in [0.29, 0.717) is 19.4 Å². The van der Waals surface area contributed by atoms with Gasteiger partial charge in [0.25, 0.3) is 0 Å².